The molecule has 2 aromatic rings. The van der Waals surface area contributed by atoms with Crippen molar-refractivity contribution in [3.63, 3.8) is 0 Å². The molecule has 0 radical (unpaired) electrons. The highest BCUT2D eigenvalue weighted by molar-refractivity contribution is 5.79. The summed E-state index contributed by atoms with van der Waals surface area (Å²) < 4.78 is 1.86. The van der Waals surface area contributed by atoms with Gasteiger partial charge in [0.15, 0.2) is 0 Å². The number of nitrogens with two attached hydrogens (primary N) is 1. The van der Waals surface area contributed by atoms with Crippen LogP contribution >= 0.6 is 0 Å². The van der Waals surface area contributed by atoms with Crippen LogP contribution in [0.25, 0.3) is 10.9 Å². The molecule has 90 valence electrons. The lowest BCUT2D eigenvalue weighted by atomic mass is 10.1. The van der Waals surface area contributed by atoms with Crippen LogP contribution in [0, 0.1) is 0 Å². The summed E-state index contributed by atoms with van der Waals surface area (Å²) in [5.74, 6) is 0. The molecule has 0 aliphatic carbocycles. The Morgan fingerprint density at radius 1 is 1.35 bits per heavy atom. The molecule has 0 spiro atoms. The largest absolute Gasteiger partial charge is 0.326 e. The van der Waals surface area contributed by atoms with Crippen molar-refractivity contribution < 1.29 is 0 Å². The first-order chi connectivity index (χ1) is 8.19. The molecule has 0 aliphatic rings. The van der Waals surface area contributed by atoms with E-state index in [1.165, 1.54) is 0 Å². The Labute approximate surface area is 101 Å². The average Bonchev–Trinajstić information content (AvgIpc) is 2.37. The molecular weight excluding hydrogens is 212 g/mol. The predicted octanol–water partition coefficient (Wildman–Crippen LogP) is 2.43. The number of aromatic nitrogens is 1. The van der Waals surface area contributed by atoms with Gasteiger partial charge in [-0.25, -0.2) is 0 Å². The number of nitrogens with zero attached hydrogens (tertiary/aromatic N) is 1. The Morgan fingerprint density at radius 2 is 2.06 bits per heavy atom. The lowest BCUT2D eigenvalue weighted by Gasteiger charge is -2.17. The standard InChI is InChI=1S/C14H18N2O/c1-3-10(2)16-13-7-5-4-6-11(13)8-12(9-15)14(16)17/h4-8,10H,3,9,15H2,1-2H3. The Balaban J connectivity index is 2.85. The van der Waals surface area contributed by atoms with E-state index in [-0.39, 0.29) is 11.6 Å². The highest BCUT2D eigenvalue weighted by Gasteiger charge is 2.11. The van der Waals surface area contributed by atoms with Crippen LogP contribution in [0.3, 0.4) is 0 Å². The molecule has 1 heterocycles. The van der Waals surface area contributed by atoms with Gasteiger partial charge in [-0.2, -0.15) is 0 Å². The van der Waals surface area contributed by atoms with Crippen molar-refractivity contribution >= 4 is 10.9 Å². The van der Waals surface area contributed by atoms with E-state index in [0.717, 1.165) is 17.3 Å². The zero-order chi connectivity index (χ0) is 12.4. The van der Waals surface area contributed by atoms with E-state index in [1.807, 2.05) is 34.9 Å². The van der Waals surface area contributed by atoms with Gasteiger partial charge in [0.05, 0.1) is 5.52 Å². The maximum atomic E-state index is 12.3. The van der Waals surface area contributed by atoms with Crippen molar-refractivity contribution in [3.8, 4) is 0 Å². The van der Waals surface area contributed by atoms with Crippen LogP contribution in [-0.2, 0) is 6.54 Å². The molecule has 0 bridgehead atoms. The van der Waals surface area contributed by atoms with Crippen molar-refractivity contribution in [2.75, 3.05) is 0 Å². The molecule has 0 amide bonds. The number of fused-ring (bicyclic) bond motifs is 1. The number of pyridine rings is 1. The second-order valence-electron chi connectivity index (χ2n) is 4.36. The fraction of sp³-hybridized carbons (Fsp3) is 0.357. The van der Waals surface area contributed by atoms with Crippen LogP contribution in [-0.4, -0.2) is 4.57 Å². The molecule has 3 heteroatoms. The van der Waals surface area contributed by atoms with E-state index in [0.29, 0.717) is 12.1 Å². The van der Waals surface area contributed by atoms with Crippen LogP contribution in [0.15, 0.2) is 35.1 Å². The van der Waals surface area contributed by atoms with Gasteiger partial charge in [-0.15, -0.1) is 0 Å². The number of hydrogen-bond acceptors (Lipinski definition) is 2. The van der Waals surface area contributed by atoms with Crippen LogP contribution in [0.2, 0.25) is 0 Å². The molecule has 0 aliphatic heterocycles. The summed E-state index contributed by atoms with van der Waals surface area (Å²) >= 11 is 0. The third kappa shape index (κ3) is 1.98. The fourth-order valence-electron chi connectivity index (χ4n) is 2.11. The third-order valence-corrected chi connectivity index (χ3v) is 3.27. The minimum atomic E-state index is 0.0422. The van der Waals surface area contributed by atoms with E-state index in [2.05, 4.69) is 13.8 Å². The molecule has 17 heavy (non-hydrogen) atoms. The molecule has 1 atom stereocenters. The minimum absolute atomic E-state index is 0.0422. The molecule has 2 N–H and O–H groups in total. The van der Waals surface area contributed by atoms with E-state index in [9.17, 15) is 4.79 Å². The molecule has 1 aromatic heterocycles. The number of rotatable bonds is 3. The number of para-hydroxylation sites is 1. The topological polar surface area (TPSA) is 48.0 Å². The van der Waals surface area contributed by atoms with E-state index in [4.69, 9.17) is 5.73 Å². The Bertz CT molecular complexity index is 586. The smallest absolute Gasteiger partial charge is 0.255 e. The van der Waals surface area contributed by atoms with E-state index in [1.54, 1.807) is 0 Å². The zero-order valence-electron chi connectivity index (χ0n) is 10.3. The van der Waals surface area contributed by atoms with Gasteiger partial charge in [-0.1, -0.05) is 25.1 Å². The highest BCUT2D eigenvalue weighted by Crippen LogP contribution is 2.18. The van der Waals surface area contributed by atoms with Gasteiger partial charge in [0.1, 0.15) is 0 Å². The normalized spacial score (nSPS) is 12.9. The summed E-state index contributed by atoms with van der Waals surface area (Å²) in [6.45, 7) is 4.44. The van der Waals surface area contributed by atoms with Crippen molar-refractivity contribution in [2.24, 2.45) is 5.73 Å². The Hall–Kier alpha value is -1.61. The molecular formula is C14H18N2O. The molecule has 0 fully saturated rings. The van der Waals surface area contributed by atoms with Gasteiger partial charge < -0.3 is 10.3 Å². The summed E-state index contributed by atoms with van der Waals surface area (Å²) in [5.41, 5.74) is 7.36. The Morgan fingerprint density at radius 3 is 2.71 bits per heavy atom. The first-order valence-corrected chi connectivity index (χ1v) is 6.02. The first kappa shape index (κ1) is 11.9. The fourth-order valence-corrected chi connectivity index (χ4v) is 2.11. The van der Waals surface area contributed by atoms with Gasteiger partial charge in [-0.05, 0) is 30.9 Å². The van der Waals surface area contributed by atoms with Gasteiger partial charge >= 0.3 is 0 Å². The number of hydrogen-bond donors (Lipinski definition) is 1. The highest BCUT2D eigenvalue weighted by atomic mass is 16.1. The van der Waals surface area contributed by atoms with Gasteiger partial charge in [0, 0.05) is 18.2 Å². The summed E-state index contributed by atoms with van der Waals surface area (Å²) in [7, 11) is 0. The van der Waals surface area contributed by atoms with Crippen molar-refractivity contribution in [1.29, 1.82) is 0 Å². The van der Waals surface area contributed by atoms with Crippen molar-refractivity contribution in [3.05, 3.63) is 46.2 Å². The van der Waals surface area contributed by atoms with Crippen LogP contribution < -0.4 is 11.3 Å². The van der Waals surface area contributed by atoms with Gasteiger partial charge in [0.2, 0.25) is 0 Å². The quantitative estimate of drug-likeness (QED) is 0.880. The van der Waals surface area contributed by atoms with E-state index < -0.39 is 0 Å². The summed E-state index contributed by atoms with van der Waals surface area (Å²) in [4.78, 5) is 12.3. The molecule has 3 nitrogen and oxygen atoms in total. The lowest BCUT2D eigenvalue weighted by Crippen LogP contribution is -2.27. The first-order valence-electron chi connectivity index (χ1n) is 6.02. The second-order valence-corrected chi connectivity index (χ2v) is 4.36. The average molecular weight is 230 g/mol. The zero-order valence-corrected chi connectivity index (χ0v) is 10.3. The van der Waals surface area contributed by atoms with Gasteiger partial charge in [-0.3, -0.25) is 4.79 Å². The van der Waals surface area contributed by atoms with Gasteiger partial charge in [0.25, 0.3) is 5.56 Å². The monoisotopic (exact) mass is 230 g/mol. The van der Waals surface area contributed by atoms with E-state index >= 15 is 0 Å². The summed E-state index contributed by atoms with van der Waals surface area (Å²) in [6.07, 6.45) is 0.928. The van der Waals surface area contributed by atoms with Crippen LogP contribution in [0.5, 0.6) is 0 Å². The molecule has 2 rings (SSSR count). The molecule has 0 saturated heterocycles. The number of benzene rings is 1. The lowest BCUT2D eigenvalue weighted by molar-refractivity contribution is 0.528. The maximum absolute atomic E-state index is 12.3. The predicted molar refractivity (Wildman–Crippen MR) is 71.1 cm³/mol. The molecule has 1 aromatic carbocycles. The minimum Gasteiger partial charge on any atom is -0.326 e. The summed E-state index contributed by atoms with van der Waals surface area (Å²) in [5, 5.41) is 1.08. The maximum Gasteiger partial charge on any atom is 0.255 e. The van der Waals surface area contributed by atoms with Crippen molar-refractivity contribution in [2.45, 2.75) is 32.9 Å². The second kappa shape index (κ2) is 4.72. The van der Waals surface area contributed by atoms with Crippen LogP contribution in [0.1, 0.15) is 31.9 Å². The van der Waals surface area contributed by atoms with Crippen LogP contribution in [0.4, 0.5) is 0 Å². The third-order valence-electron chi connectivity index (χ3n) is 3.27. The SMILES string of the molecule is CCC(C)n1c(=O)c(CN)cc2ccccc21. The molecule has 1 unspecified atom stereocenters. The summed E-state index contributed by atoms with van der Waals surface area (Å²) in [6, 6.07) is 10.0. The molecule has 0 saturated carbocycles. The van der Waals surface area contributed by atoms with Crippen molar-refractivity contribution in [1.82, 2.24) is 4.57 Å². The Kier molecular flexibility index (Phi) is 3.29.